The first kappa shape index (κ1) is 39.1. The van der Waals surface area contributed by atoms with Gasteiger partial charge in [-0.05, 0) is 83.6 Å². The Morgan fingerprint density at radius 2 is 1.55 bits per heavy atom. The molecule has 47 heavy (non-hydrogen) atoms. The molecule has 0 saturated heterocycles. The molecule has 0 heterocycles. The molecule has 0 aromatic heterocycles. The van der Waals surface area contributed by atoms with Crippen molar-refractivity contribution in [3.63, 3.8) is 0 Å². The van der Waals surface area contributed by atoms with Gasteiger partial charge in [-0.2, -0.15) is 0 Å². The van der Waals surface area contributed by atoms with E-state index >= 15 is 0 Å². The third-order valence-corrected chi connectivity index (χ3v) is 9.76. The molecule has 1 unspecified atom stereocenters. The van der Waals surface area contributed by atoms with E-state index in [9.17, 15) is 23.2 Å². The van der Waals surface area contributed by atoms with Crippen LogP contribution in [0.15, 0.2) is 99.6 Å². The van der Waals surface area contributed by atoms with Gasteiger partial charge in [-0.15, -0.1) is 0 Å². The van der Waals surface area contributed by atoms with Crippen molar-refractivity contribution >= 4 is 21.9 Å². The first-order valence-electron chi connectivity index (χ1n) is 15.9. The Labute approximate surface area is 305 Å². The third-order valence-electron chi connectivity index (χ3n) is 7.67. The minimum atomic E-state index is -4.82. The van der Waals surface area contributed by atoms with Crippen LogP contribution in [0.4, 0.5) is 0 Å². The van der Waals surface area contributed by atoms with Gasteiger partial charge in [-0.3, -0.25) is 0 Å². The zero-order valence-corrected chi connectivity index (χ0v) is 31.1. The average Bonchev–Trinajstić information content (AvgIpc) is 3.05. The fourth-order valence-electron chi connectivity index (χ4n) is 5.08. The van der Waals surface area contributed by atoms with Gasteiger partial charge < -0.3 is 24.2 Å². The number of aliphatic hydroxyl groups is 1. The Morgan fingerprint density at radius 3 is 2.28 bits per heavy atom. The van der Waals surface area contributed by atoms with Crippen LogP contribution in [-0.2, 0) is 21.5 Å². The Hall–Kier alpha value is -2.34. The number of hydrogen-bond donors (Lipinski definition) is 2. The molecule has 0 aliphatic carbocycles. The molecule has 0 saturated carbocycles. The van der Waals surface area contributed by atoms with Gasteiger partial charge in [0.25, 0.3) is 0 Å². The summed E-state index contributed by atoms with van der Waals surface area (Å²) in [5.74, 6) is 0.818. The molecule has 0 amide bonds. The summed E-state index contributed by atoms with van der Waals surface area (Å²) in [6.45, 7) is 5.71. The largest absolute Gasteiger partial charge is 1.00 e. The molecule has 4 aromatic carbocycles. The first-order chi connectivity index (χ1) is 22.2. The molecule has 1 atom stereocenters. The fourth-order valence-corrected chi connectivity index (χ4v) is 6.92. The summed E-state index contributed by atoms with van der Waals surface area (Å²) in [4.78, 5) is 0.742. The predicted octanol–water partition coefficient (Wildman–Crippen LogP) is 5.87. The maximum atomic E-state index is 12.4. The van der Waals surface area contributed by atoms with Gasteiger partial charge in [0, 0.05) is 22.0 Å². The van der Waals surface area contributed by atoms with E-state index in [1.54, 1.807) is 54.6 Å². The second kappa shape index (κ2) is 19.6. The third kappa shape index (κ3) is 11.6. The SMILES string of the molecule is CCCCCCCOCc1cc(C(O)c2ccccc2-c2ccc(Sc3ccc(OCCCC)cc3)c(S(=O)(=O)[O-])c2)ccc1O.[Na+]. The number of aliphatic hydroxyl groups excluding tert-OH is 1. The maximum absolute atomic E-state index is 12.4. The molecule has 4 rings (SSSR count). The van der Waals surface area contributed by atoms with Crippen LogP contribution < -0.4 is 34.3 Å². The zero-order valence-electron chi connectivity index (χ0n) is 27.5. The number of benzene rings is 4. The van der Waals surface area contributed by atoms with Gasteiger partial charge in [-0.25, -0.2) is 8.42 Å². The summed E-state index contributed by atoms with van der Waals surface area (Å²) in [5, 5.41) is 21.9. The second-order valence-corrected chi connectivity index (χ2v) is 13.7. The molecule has 0 aliphatic rings. The van der Waals surface area contributed by atoms with Crippen molar-refractivity contribution in [2.24, 2.45) is 0 Å². The molecule has 0 spiro atoms. The van der Waals surface area contributed by atoms with Crippen LogP contribution in [0.25, 0.3) is 11.1 Å². The van der Waals surface area contributed by atoms with Gasteiger partial charge in [-0.1, -0.05) is 94.1 Å². The van der Waals surface area contributed by atoms with Gasteiger partial charge in [0.05, 0.1) is 18.1 Å². The minimum Gasteiger partial charge on any atom is -0.744 e. The van der Waals surface area contributed by atoms with Crippen LogP contribution in [0.1, 0.15) is 81.6 Å². The van der Waals surface area contributed by atoms with Crippen molar-refractivity contribution < 1.29 is 62.2 Å². The number of ether oxygens (including phenoxy) is 2. The minimum absolute atomic E-state index is 0. The topological polar surface area (TPSA) is 116 Å². The Bertz CT molecular complexity index is 1660. The van der Waals surface area contributed by atoms with Crippen molar-refractivity contribution in [1.82, 2.24) is 0 Å². The van der Waals surface area contributed by atoms with E-state index < -0.39 is 16.2 Å². The van der Waals surface area contributed by atoms with Crippen LogP contribution in [0.2, 0.25) is 0 Å². The summed E-state index contributed by atoms with van der Waals surface area (Å²) < 4.78 is 48.8. The first-order valence-corrected chi connectivity index (χ1v) is 18.1. The van der Waals surface area contributed by atoms with Crippen LogP contribution in [-0.4, -0.2) is 36.4 Å². The quantitative estimate of drug-likeness (QED) is 0.0760. The molecule has 0 aliphatic heterocycles. The molecular formula is C37H43NaO7S2. The monoisotopic (exact) mass is 686 g/mol. The van der Waals surface area contributed by atoms with Crippen molar-refractivity contribution in [3.8, 4) is 22.6 Å². The molecule has 0 bridgehead atoms. The second-order valence-electron chi connectivity index (χ2n) is 11.2. The Morgan fingerprint density at radius 1 is 0.830 bits per heavy atom. The van der Waals surface area contributed by atoms with E-state index in [0.717, 1.165) is 36.3 Å². The molecular weight excluding hydrogens is 644 g/mol. The molecule has 0 radical (unpaired) electrons. The average molecular weight is 687 g/mol. The molecule has 10 heteroatoms. The zero-order chi connectivity index (χ0) is 32.9. The van der Waals surface area contributed by atoms with Gasteiger partial charge in [0.1, 0.15) is 27.7 Å². The summed E-state index contributed by atoms with van der Waals surface area (Å²) in [6, 6.07) is 24.1. The summed E-state index contributed by atoms with van der Waals surface area (Å²) in [6.07, 6.45) is 6.54. The maximum Gasteiger partial charge on any atom is 1.00 e. The molecule has 4 aromatic rings. The van der Waals surface area contributed by atoms with Crippen molar-refractivity contribution in [3.05, 3.63) is 102 Å². The van der Waals surface area contributed by atoms with E-state index in [4.69, 9.17) is 9.47 Å². The van der Waals surface area contributed by atoms with Crippen molar-refractivity contribution in [1.29, 1.82) is 0 Å². The van der Waals surface area contributed by atoms with Gasteiger partial charge in [0.2, 0.25) is 0 Å². The van der Waals surface area contributed by atoms with E-state index in [1.807, 2.05) is 24.3 Å². The smallest absolute Gasteiger partial charge is 0.744 e. The molecule has 7 nitrogen and oxygen atoms in total. The number of unbranched alkanes of at least 4 members (excludes halogenated alkanes) is 5. The van der Waals surface area contributed by atoms with Crippen LogP contribution in [0, 0.1) is 0 Å². The van der Waals surface area contributed by atoms with E-state index in [0.29, 0.717) is 45.9 Å². The summed E-state index contributed by atoms with van der Waals surface area (Å²) in [7, 11) is -4.82. The standard InChI is InChI=1S/C37H44O7S2.Na/c1-3-5-7-8-11-22-43-26-29-24-28(14-20-34(29)38)37(39)33-13-10-9-12-32(33)27-15-21-35(36(25-27)46(40,41)42)45-31-18-16-30(17-19-31)44-23-6-4-2;/h9-10,12-21,24-25,37-39H,3-8,11,22-23,26H2,1-2H3,(H,40,41,42);/q;+1/p-1. The normalized spacial score (nSPS) is 12.0. The number of aromatic hydroxyl groups is 1. The van der Waals surface area contributed by atoms with Crippen molar-refractivity contribution in [2.75, 3.05) is 13.2 Å². The summed E-state index contributed by atoms with van der Waals surface area (Å²) >= 11 is 1.19. The van der Waals surface area contributed by atoms with Gasteiger partial charge >= 0.3 is 29.6 Å². The van der Waals surface area contributed by atoms with Gasteiger partial charge in [0.15, 0.2) is 0 Å². The van der Waals surface area contributed by atoms with Crippen LogP contribution >= 0.6 is 11.8 Å². The van der Waals surface area contributed by atoms with Crippen LogP contribution in [0.5, 0.6) is 11.5 Å². The van der Waals surface area contributed by atoms with E-state index in [2.05, 4.69) is 13.8 Å². The molecule has 246 valence electrons. The van der Waals surface area contributed by atoms with Crippen molar-refractivity contribution in [2.45, 2.75) is 86.2 Å². The van der Waals surface area contributed by atoms with Crippen LogP contribution in [0.3, 0.4) is 0 Å². The van der Waals surface area contributed by atoms with E-state index in [-0.39, 0.29) is 46.8 Å². The number of phenols is 1. The Balaban J connectivity index is 0.00000600. The van der Waals surface area contributed by atoms with E-state index in [1.165, 1.54) is 37.1 Å². The fraction of sp³-hybridized carbons (Fsp3) is 0.351. The number of phenolic OH excluding ortho intramolecular Hbond substituents is 1. The molecule has 0 fully saturated rings. The predicted molar refractivity (Wildman–Crippen MR) is 181 cm³/mol. The summed E-state index contributed by atoms with van der Waals surface area (Å²) in [5.41, 5.74) is 2.73. The number of hydrogen-bond acceptors (Lipinski definition) is 8. The Kier molecular flexibility index (Phi) is 16.3. The number of rotatable bonds is 18. The molecule has 2 N–H and O–H groups in total.